The molecule has 0 spiro atoms. The molecule has 0 atom stereocenters. The van der Waals surface area contributed by atoms with Gasteiger partial charge < -0.3 is 10.1 Å². The maximum Gasteiger partial charge on any atom is 0.223 e. The number of hydrogen-bond donors (Lipinski definition) is 1. The van der Waals surface area contributed by atoms with E-state index in [2.05, 4.69) is 26.2 Å². The van der Waals surface area contributed by atoms with Crippen LogP contribution in [-0.4, -0.2) is 12.0 Å². The number of pyridine rings is 1. The highest BCUT2D eigenvalue weighted by atomic mass is 79.9. The van der Waals surface area contributed by atoms with Crippen LogP contribution in [0.2, 0.25) is 5.02 Å². The number of ether oxygens (including phenoxy) is 1. The molecule has 1 aromatic heterocycles. The number of benzene rings is 1. The van der Waals surface area contributed by atoms with Crippen LogP contribution in [0.25, 0.3) is 0 Å². The molecule has 2 aromatic rings. The lowest BCUT2D eigenvalue weighted by molar-refractivity contribution is 0.453. The summed E-state index contributed by atoms with van der Waals surface area (Å²) in [6, 6.07) is 5.83. The molecule has 0 unspecified atom stereocenters. The molecule has 0 saturated heterocycles. The molecular formula is C15H16BrClN2O. The van der Waals surface area contributed by atoms with E-state index in [-0.39, 0.29) is 0 Å². The fourth-order valence-corrected chi connectivity index (χ4v) is 2.44. The van der Waals surface area contributed by atoms with E-state index in [0.717, 1.165) is 31.9 Å². The lowest BCUT2D eigenvalue weighted by atomic mass is 10.1. The molecule has 0 aliphatic rings. The number of rotatable bonds is 4. The smallest absolute Gasteiger partial charge is 0.223 e. The van der Waals surface area contributed by atoms with Crippen LogP contribution < -0.4 is 10.1 Å². The molecular weight excluding hydrogens is 340 g/mol. The third-order valence-electron chi connectivity index (χ3n) is 2.88. The standard InChI is InChI=1S/C15H16BrClN2O/c1-9-4-13(5-10(2)14(9)17)20-15-11(7-18-3)6-12(16)8-19-15/h4-6,8,18H,7H2,1-3H3. The summed E-state index contributed by atoms with van der Waals surface area (Å²) >= 11 is 9.59. The Morgan fingerprint density at radius 2 is 1.90 bits per heavy atom. The topological polar surface area (TPSA) is 34.2 Å². The van der Waals surface area contributed by atoms with Crippen LogP contribution in [0.3, 0.4) is 0 Å². The molecule has 1 aromatic carbocycles. The quantitative estimate of drug-likeness (QED) is 0.868. The number of nitrogens with zero attached hydrogens (tertiary/aromatic N) is 1. The van der Waals surface area contributed by atoms with Gasteiger partial charge in [0.2, 0.25) is 5.88 Å². The zero-order chi connectivity index (χ0) is 14.7. The van der Waals surface area contributed by atoms with Gasteiger partial charge in [0.25, 0.3) is 0 Å². The molecule has 0 aliphatic heterocycles. The Balaban J connectivity index is 2.34. The van der Waals surface area contributed by atoms with Crippen molar-refractivity contribution in [1.29, 1.82) is 0 Å². The third-order valence-corrected chi connectivity index (χ3v) is 3.91. The van der Waals surface area contributed by atoms with Crippen molar-refractivity contribution in [2.45, 2.75) is 20.4 Å². The lowest BCUT2D eigenvalue weighted by Crippen LogP contribution is -2.07. The zero-order valence-corrected chi connectivity index (χ0v) is 14.0. The van der Waals surface area contributed by atoms with Crippen molar-refractivity contribution in [3.05, 3.63) is 50.6 Å². The Kier molecular flexibility index (Phi) is 5.02. The van der Waals surface area contributed by atoms with Crippen molar-refractivity contribution in [2.75, 3.05) is 7.05 Å². The van der Waals surface area contributed by atoms with Crippen LogP contribution in [0, 0.1) is 13.8 Å². The van der Waals surface area contributed by atoms with Gasteiger partial charge in [-0.1, -0.05) is 11.6 Å². The first-order valence-corrected chi connectivity index (χ1v) is 7.42. The predicted molar refractivity (Wildman–Crippen MR) is 85.7 cm³/mol. The van der Waals surface area contributed by atoms with E-state index in [0.29, 0.717) is 12.4 Å². The highest BCUT2D eigenvalue weighted by Gasteiger charge is 2.09. The van der Waals surface area contributed by atoms with Gasteiger partial charge >= 0.3 is 0 Å². The molecule has 5 heteroatoms. The molecule has 1 heterocycles. The Hall–Kier alpha value is -1.10. The summed E-state index contributed by atoms with van der Waals surface area (Å²) in [5, 5.41) is 3.88. The van der Waals surface area contributed by atoms with Gasteiger partial charge in [-0.2, -0.15) is 0 Å². The maximum atomic E-state index is 6.17. The minimum atomic E-state index is 0.601. The molecule has 0 saturated carbocycles. The van der Waals surface area contributed by atoms with Crippen molar-refractivity contribution in [1.82, 2.24) is 10.3 Å². The molecule has 1 N–H and O–H groups in total. The fourth-order valence-electron chi connectivity index (χ4n) is 1.95. The summed E-state index contributed by atoms with van der Waals surface area (Å²) < 4.78 is 6.83. The van der Waals surface area contributed by atoms with Crippen molar-refractivity contribution in [3.8, 4) is 11.6 Å². The summed E-state index contributed by atoms with van der Waals surface area (Å²) in [6.07, 6.45) is 1.73. The van der Waals surface area contributed by atoms with Crippen molar-refractivity contribution >= 4 is 27.5 Å². The highest BCUT2D eigenvalue weighted by molar-refractivity contribution is 9.10. The summed E-state index contributed by atoms with van der Waals surface area (Å²) in [7, 11) is 1.89. The minimum absolute atomic E-state index is 0.601. The molecule has 0 amide bonds. The second-order valence-corrected chi connectivity index (χ2v) is 5.91. The summed E-state index contributed by atoms with van der Waals surface area (Å²) in [5.74, 6) is 1.35. The van der Waals surface area contributed by atoms with E-state index >= 15 is 0 Å². The predicted octanol–water partition coefficient (Wildman–Crippen LogP) is 4.63. The van der Waals surface area contributed by atoms with Gasteiger partial charge in [-0.3, -0.25) is 0 Å². The second-order valence-electron chi connectivity index (χ2n) is 4.62. The van der Waals surface area contributed by atoms with Crippen LogP contribution in [0.4, 0.5) is 0 Å². The number of hydrogen-bond acceptors (Lipinski definition) is 3. The van der Waals surface area contributed by atoms with E-state index in [1.54, 1.807) is 6.20 Å². The van der Waals surface area contributed by atoms with Gasteiger partial charge in [0.1, 0.15) is 5.75 Å². The molecule has 0 radical (unpaired) electrons. The molecule has 106 valence electrons. The Morgan fingerprint density at radius 3 is 2.50 bits per heavy atom. The van der Waals surface area contributed by atoms with E-state index < -0.39 is 0 Å². The number of halogens is 2. The van der Waals surface area contributed by atoms with Crippen LogP contribution >= 0.6 is 27.5 Å². The summed E-state index contributed by atoms with van der Waals surface area (Å²) in [6.45, 7) is 4.62. The molecule has 3 nitrogen and oxygen atoms in total. The minimum Gasteiger partial charge on any atom is -0.439 e. The highest BCUT2D eigenvalue weighted by Crippen LogP contribution is 2.30. The molecule has 20 heavy (non-hydrogen) atoms. The maximum absolute atomic E-state index is 6.17. The average molecular weight is 356 g/mol. The number of nitrogens with one attached hydrogen (secondary N) is 1. The number of aromatic nitrogens is 1. The Morgan fingerprint density at radius 1 is 1.25 bits per heavy atom. The van der Waals surface area contributed by atoms with Crippen LogP contribution in [0.1, 0.15) is 16.7 Å². The summed E-state index contributed by atoms with van der Waals surface area (Å²) in [5.41, 5.74) is 2.98. The average Bonchev–Trinajstić information content (AvgIpc) is 2.39. The normalized spacial score (nSPS) is 10.7. The molecule has 0 bridgehead atoms. The Labute approximate surface area is 132 Å². The van der Waals surface area contributed by atoms with E-state index in [4.69, 9.17) is 16.3 Å². The molecule has 0 aliphatic carbocycles. The first-order chi connectivity index (χ1) is 9.51. The van der Waals surface area contributed by atoms with Crippen LogP contribution in [-0.2, 0) is 6.54 Å². The zero-order valence-electron chi connectivity index (χ0n) is 11.6. The van der Waals surface area contributed by atoms with Gasteiger partial charge in [0, 0.05) is 27.8 Å². The van der Waals surface area contributed by atoms with E-state index in [1.807, 2.05) is 39.1 Å². The fraction of sp³-hybridized carbons (Fsp3) is 0.267. The third kappa shape index (κ3) is 3.51. The van der Waals surface area contributed by atoms with E-state index in [1.165, 1.54) is 0 Å². The number of aryl methyl sites for hydroxylation is 2. The lowest BCUT2D eigenvalue weighted by Gasteiger charge is -2.12. The van der Waals surface area contributed by atoms with Gasteiger partial charge in [-0.15, -0.1) is 0 Å². The van der Waals surface area contributed by atoms with Crippen molar-refractivity contribution in [3.63, 3.8) is 0 Å². The van der Waals surface area contributed by atoms with Crippen LogP contribution in [0.5, 0.6) is 11.6 Å². The van der Waals surface area contributed by atoms with Gasteiger partial charge in [0.15, 0.2) is 0 Å². The molecule has 2 rings (SSSR count). The van der Waals surface area contributed by atoms with Crippen molar-refractivity contribution in [2.24, 2.45) is 0 Å². The first kappa shape index (κ1) is 15.3. The largest absolute Gasteiger partial charge is 0.439 e. The monoisotopic (exact) mass is 354 g/mol. The first-order valence-electron chi connectivity index (χ1n) is 6.25. The van der Waals surface area contributed by atoms with Gasteiger partial charge in [-0.25, -0.2) is 4.98 Å². The van der Waals surface area contributed by atoms with Crippen molar-refractivity contribution < 1.29 is 4.74 Å². The van der Waals surface area contributed by atoms with Gasteiger partial charge in [-0.05, 0) is 66.2 Å². The van der Waals surface area contributed by atoms with E-state index in [9.17, 15) is 0 Å². The molecule has 0 fully saturated rings. The van der Waals surface area contributed by atoms with Crippen LogP contribution in [0.15, 0.2) is 28.9 Å². The Bertz CT molecular complexity index is 608. The van der Waals surface area contributed by atoms with Gasteiger partial charge in [0.05, 0.1) is 0 Å². The second kappa shape index (κ2) is 6.57. The SMILES string of the molecule is CNCc1cc(Br)cnc1Oc1cc(C)c(Cl)c(C)c1. The summed E-state index contributed by atoms with van der Waals surface area (Å²) in [4.78, 5) is 4.33.